The Kier molecular flexibility index (Phi) is 6.22. The Morgan fingerprint density at radius 2 is 1.63 bits per heavy atom. The van der Waals surface area contributed by atoms with E-state index in [0.29, 0.717) is 5.02 Å². The van der Waals surface area contributed by atoms with Crippen LogP contribution in [-0.2, 0) is 15.4 Å². The van der Waals surface area contributed by atoms with E-state index in [-0.39, 0.29) is 32.3 Å². The second-order valence-corrected chi connectivity index (χ2v) is 10.3. The minimum atomic E-state index is -3.97. The molecule has 30 heavy (non-hydrogen) atoms. The van der Waals surface area contributed by atoms with Crippen LogP contribution >= 0.6 is 23.2 Å². The van der Waals surface area contributed by atoms with Gasteiger partial charge in [-0.05, 0) is 41.3 Å². The molecule has 0 bridgehead atoms. The molecule has 1 heterocycles. The molecule has 0 aliphatic rings. The van der Waals surface area contributed by atoms with Crippen molar-refractivity contribution in [3.63, 3.8) is 0 Å². The monoisotopic (exact) mass is 462 g/mol. The quantitative estimate of drug-likeness (QED) is 0.492. The molecule has 0 amide bonds. The third kappa shape index (κ3) is 5.01. The first kappa shape index (κ1) is 22.3. The molecule has 2 aromatic carbocycles. The lowest BCUT2D eigenvalue weighted by Gasteiger charge is -2.19. The number of hydrogen-bond donors (Lipinski definition) is 1. The molecule has 5 nitrogen and oxygen atoms in total. The minimum absolute atomic E-state index is 0.00706. The summed E-state index contributed by atoms with van der Waals surface area (Å²) in [5.74, 6) is -0.477. The van der Waals surface area contributed by atoms with Crippen molar-refractivity contribution in [3.8, 4) is 0 Å². The Labute approximate surface area is 186 Å². The number of carbonyl (C=O) groups is 1. The molecule has 0 saturated carbocycles. The number of ketones is 1. The maximum Gasteiger partial charge on any atom is 0.261 e. The van der Waals surface area contributed by atoms with Crippen molar-refractivity contribution in [2.75, 3.05) is 4.72 Å². The van der Waals surface area contributed by atoms with Crippen molar-refractivity contribution in [1.29, 1.82) is 0 Å². The van der Waals surface area contributed by atoms with Gasteiger partial charge in [-0.15, -0.1) is 0 Å². The number of sulfonamides is 1. The zero-order valence-electron chi connectivity index (χ0n) is 16.6. The van der Waals surface area contributed by atoms with Crippen molar-refractivity contribution in [3.05, 3.63) is 87.7 Å². The van der Waals surface area contributed by atoms with E-state index in [9.17, 15) is 13.2 Å². The molecule has 0 radical (unpaired) electrons. The summed E-state index contributed by atoms with van der Waals surface area (Å²) in [4.78, 5) is 17.0. The molecular weight excluding hydrogens is 443 g/mol. The number of rotatable bonds is 5. The van der Waals surface area contributed by atoms with Crippen molar-refractivity contribution >= 4 is 44.7 Å². The lowest BCUT2D eigenvalue weighted by atomic mass is 9.87. The predicted molar refractivity (Wildman–Crippen MR) is 120 cm³/mol. The van der Waals surface area contributed by atoms with E-state index in [2.05, 4.69) is 9.71 Å². The largest absolute Gasteiger partial charge is 0.287 e. The zero-order chi connectivity index (χ0) is 22.1. The van der Waals surface area contributed by atoms with E-state index >= 15 is 0 Å². The van der Waals surface area contributed by atoms with Crippen molar-refractivity contribution < 1.29 is 13.2 Å². The first-order valence-corrected chi connectivity index (χ1v) is 11.3. The number of nitrogens with one attached hydrogen (secondary N) is 1. The van der Waals surface area contributed by atoms with Gasteiger partial charge in [-0.3, -0.25) is 9.52 Å². The number of benzene rings is 2. The van der Waals surface area contributed by atoms with Crippen LogP contribution in [0.2, 0.25) is 10.0 Å². The number of pyridine rings is 1. The Bertz CT molecular complexity index is 1200. The molecule has 3 aromatic rings. The van der Waals surface area contributed by atoms with Crippen LogP contribution in [0.3, 0.4) is 0 Å². The fraction of sp³-hybridized carbons (Fsp3) is 0.182. The highest BCUT2D eigenvalue weighted by Crippen LogP contribution is 2.27. The molecule has 156 valence electrons. The van der Waals surface area contributed by atoms with Crippen LogP contribution < -0.4 is 4.72 Å². The normalized spacial score (nSPS) is 11.9. The van der Waals surface area contributed by atoms with Crippen molar-refractivity contribution in [1.82, 2.24) is 4.98 Å². The van der Waals surface area contributed by atoms with Crippen LogP contribution in [0.15, 0.2) is 65.7 Å². The molecule has 0 aliphatic carbocycles. The van der Waals surface area contributed by atoms with E-state index in [0.717, 1.165) is 5.56 Å². The topological polar surface area (TPSA) is 76.1 Å². The molecule has 1 N–H and O–H groups in total. The number of carbonyl (C=O) groups excluding carboxylic acids is 1. The number of nitrogens with zero attached hydrogens (tertiary/aromatic N) is 1. The lowest BCUT2D eigenvalue weighted by molar-refractivity contribution is 0.103. The molecule has 0 fully saturated rings. The molecule has 1 aromatic heterocycles. The molecule has 3 rings (SSSR count). The highest BCUT2D eigenvalue weighted by molar-refractivity contribution is 7.92. The molecule has 0 spiro atoms. The number of anilines is 1. The maximum absolute atomic E-state index is 12.9. The fourth-order valence-corrected chi connectivity index (χ4v) is 4.21. The van der Waals surface area contributed by atoms with Crippen LogP contribution in [0.25, 0.3) is 0 Å². The minimum Gasteiger partial charge on any atom is -0.287 e. The summed E-state index contributed by atoms with van der Waals surface area (Å²) in [5, 5.41) is 0.578. The van der Waals surface area contributed by atoms with Gasteiger partial charge in [-0.2, -0.15) is 0 Å². The van der Waals surface area contributed by atoms with Crippen LogP contribution in [0.4, 0.5) is 5.69 Å². The van der Waals surface area contributed by atoms with E-state index < -0.39 is 15.8 Å². The van der Waals surface area contributed by atoms with Crippen LogP contribution in [0, 0.1) is 0 Å². The Morgan fingerprint density at radius 1 is 0.967 bits per heavy atom. The average Bonchev–Trinajstić information content (AvgIpc) is 2.67. The summed E-state index contributed by atoms with van der Waals surface area (Å²) < 4.78 is 28.3. The van der Waals surface area contributed by atoms with Gasteiger partial charge in [-0.1, -0.05) is 68.2 Å². The smallest absolute Gasteiger partial charge is 0.261 e. The molecule has 0 unspecified atom stereocenters. The highest BCUT2D eigenvalue weighted by atomic mass is 35.5. The Hall–Kier alpha value is -2.41. The van der Waals surface area contributed by atoms with E-state index in [1.54, 1.807) is 30.3 Å². The van der Waals surface area contributed by atoms with E-state index in [4.69, 9.17) is 23.2 Å². The summed E-state index contributed by atoms with van der Waals surface area (Å²) in [5.41, 5.74) is 1.10. The Morgan fingerprint density at radius 3 is 2.23 bits per heavy atom. The number of hydrogen-bond acceptors (Lipinski definition) is 4. The molecular formula is C22H20Cl2N2O3S. The molecule has 0 aliphatic heterocycles. The summed E-state index contributed by atoms with van der Waals surface area (Å²) in [7, 11) is -3.97. The van der Waals surface area contributed by atoms with Crippen LogP contribution in [-0.4, -0.2) is 19.2 Å². The molecule has 0 saturated heterocycles. The molecule has 8 heteroatoms. The van der Waals surface area contributed by atoms with Crippen molar-refractivity contribution in [2.24, 2.45) is 0 Å². The van der Waals surface area contributed by atoms with Gasteiger partial charge in [0, 0.05) is 16.8 Å². The Balaban J connectivity index is 1.98. The molecule has 0 atom stereocenters. The van der Waals surface area contributed by atoms with Gasteiger partial charge >= 0.3 is 0 Å². The SMILES string of the molecule is CC(C)(C)c1ccc(S(=O)(=O)Nc2cc(Cl)cnc2C(=O)c2cccc(Cl)c2)cc1. The third-order valence-electron chi connectivity index (χ3n) is 4.43. The maximum atomic E-state index is 12.9. The first-order valence-electron chi connectivity index (χ1n) is 9.06. The van der Waals surface area contributed by atoms with Gasteiger partial charge in [-0.25, -0.2) is 13.4 Å². The van der Waals surface area contributed by atoms with Gasteiger partial charge in [0.25, 0.3) is 10.0 Å². The van der Waals surface area contributed by atoms with Gasteiger partial charge < -0.3 is 0 Å². The van der Waals surface area contributed by atoms with Crippen LogP contribution in [0.1, 0.15) is 42.4 Å². The van der Waals surface area contributed by atoms with E-state index in [1.807, 2.05) is 20.8 Å². The van der Waals surface area contributed by atoms with Gasteiger partial charge in [0.2, 0.25) is 5.78 Å². The third-order valence-corrected chi connectivity index (χ3v) is 6.25. The van der Waals surface area contributed by atoms with Crippen molar-refractivity contribution in [2.45, 2.75) is 31.1 Å². The number of halogens is 2. The van der Waals surface area contributed by atoms with Gasteiger partial charge in [0.05, 0.1) is 15.6 Å². The standard InChI is InChI=1S/C22H20Cl2N2O3S/c1-22(2,3)15-7-9-18(10-8-15)30(28,29)26-19-12-17(24)13-25-20(19)21(27)14-5-4-6-16(23)11-14/h4-13,26H,1-3H3. The zero-order valence-corrected chi connectivity index (χ0v) is 18.9. The fourth-order valence-electron chi connectivity index (χ4n) is 2.80. The van der Waals surface area contributed by atoms with E-state index in [1.165, 1.54) is 30.5 Å². The van der Waals surface area contributed by atoms with Gasteiger partial charge in [0.1, 0.15) is 5.69 Å². The lowest BCUT2D eigenvalue weighted by Crippen LogP contribution is -2.17. The van der Waals surface area contributed by atoms with Crippen LogP contribution in [0.5, 0.6) is 0 Å². The number of aromatic nitrogens is 1. The highest BCUT2D eigenvalue weighted by Gasteiger charge is 2.22. The second-order valence-electron chi connectivity index (χ2n) is 7.77. The summed E-state index contributed by atoms with van der Waals surface area (Å²) in [6.45, 7) is 6.13. The second kappa shape index (κ2) is 8.38. The average molecular weight is 463 g/mol. The first-order chi connectivity index (χ1) is 14.0. The van der Waals surface area contributed by atoms with Gasteiger partial charge in [0.15, 0.2) is 0 Å². The summed E-state index contributed by atoms with van der Waals surface area (Å²) in [6.07, 6.45) is 1.29. The summed E-state index contributed by atoms with van der Waals surface area (Å²) >= 11 is 12.0. The summed E-state index contributed by atoms with van der Waals surface area (Å²) in [6, 6.07) is 14.3. The predicted octanol–water partition coefficient (Wildman–Crippen LogP) is 5.72.